The van der Waals surface area contributed by atoms with Crippen molar-refractivity contribution in [1.29, 1.82) is 0 Å². The minimum absolute atomic E-state index is 0.144. The highest BCUT2D eigenvalue weighted by atomic mass is 127. The number of hydrogen-bond donors (Lipinski definition) is 0. The Bertz CT molecular complexity index is 522. The maximum Gasteiger partial charge on any atom is 0.312 e. The first-order valence-corrected chi connectivity index (χ1v) is 9.63. The van der Waals surface area contributed by atoms with Crippen LogP contribution in [0.25, 0.3) is 0 Å². The molecule has 0 aliphatic heterocycles. The van der Waals surface area contributed by atoms with E-state index in [9.17, 15) is 4.79 Å². The van der Waals surface area contributed by atoms with E-state index in [4.69, 9.17) is 4.74 Å². The van der Waals surface area contributed by atoms with E-state index in [2.05, 4.69) is 79.9 Å². The smallest absolute Gasteiger partial charge is 0.312 e. The monoisotopic (exact) mass is 612 g/mol. The normalized spacial score (nSPS) is 12.4. The molecular weight excluding hydrogens is 593 g/mol. The molecule has 20 heavy (non-hydrogen) atoms. The van der Waals surface area contributed by atoms with Crippen molar-refractivity contribution in [2.24, 2.45) is 5.41 Å². The fourth-order valence-electron chi connectivity index (χ4n) is 1.56. The number of esters is 1. The van der Waals surface area contributed by atoms with Gasteiger partial charge >= 0.3 is 5.97 Å². The lowest BCUT2D eigenvalue weighted by atomic mass is 9.89. The van der Waals surface area contributed by atoms with Crippen LogP contribution in [0.15, 0.2) is 12.1 Å². The van der Waals surface area contributed by atoms with E-state index >= 15 is 0 Å². The Labute approximate surface area is 162 Å². The quantitative estimate of drug-likeness (QED) is 0.248. The Balaban J connectivity index is 3.15. The zero-order valence-corrected chi connectivity index (χ0v) is 18.8. The largest absolute Gasteiger partial charge is 0.454 e. The van der Waals surface area contributed by atoms with E-state index < -0.39 is 11.0 Å². The van der Waals surface area contributed by atoms with Crippen molar-refractivity contribution in [3.8, 4) is 0 Å². The topological polar surface area (TPSA) is 26.3 Å². The van der Waals surface area contributed by atoms with Crippen LogP contribution in [0.4, 0.5) is 0 Å². The second-order valence-corrected chi connectivity index (χ2v) is 9.37. The second kappa shape index (κ2) is 6.97. The molecule has 0 aromatic heterocycles. The number of carbonyl (C=O) groups excluding carboxylic acids is 1. The first kappa shape index (κ1) is 18.9. The lowest BCUT2D eigenvalue weighted by Crippen LogP contribution is -2.34. The fraction of sp³-hybridized carbons (Fsp3) is 0.533. The molecule has 0 amide bonds. The molecule has 0 bridgehead atoms. The summed E-state index contributed by atoms with van der Waals surface area (Å²) in [7, 11) is 0. The summed E-state index contributed by atoms with van der Waals surface area (Å²) in [4.78, 5) is 12.3. The summed E-state index contributed by atoms with van der Waals surface area (Å²) in [6, 6.07) is 4.22. The van der Waals surface area contributed by atoms with E-state index in [1.807, 2.05) is 34.6 Å². The second-order valence-electron chi connectivity index (χ2n) is 5.89. The summed E-state index contributed by atoms with van der Waals surface area (Å²) in [5, 5.41) is 0. The van der Waals surface area contributed by atoms with Gasteiger partial charge in [-0.25, -0.2) is 0 Å². The van der Waals surface area contributed by atoms with Crippen molar-refractivity contribution in [2.75, 3.05) is 0 Å². The highest BCUT2D eigenvalue weighted by Gasteiger charge is 2.35. The predicted octanol–water partition coefficient (Wildman–Crippen LogP) is 5.71. The molecule has 0 radical (unpaired) electrons. The first-order valence-electron chi connectivity index (χ1n) is 6.39. The average molecular weight is 612 g/mol. The van der Waals surface area contributed by atoms with Crippen LogP contribution in [0.1, 0.15) is 46.6 Å². The van der Waals surface area contributed by atoms with Crippen molar-refractivity contribution in [3.63, 3.8) is 0 Å². The van der Waals surface area contributed by atoms with Gasteiger partial charge in [-0.05, 0) is 114 Å². The summed E-state index contributed by atoms with van der Waals surface area (Å²) < 4.78 is 9.31. The maximum absolute atomic E-state index is 12.3. The molecule has 0 atom stereocenters. The number of rotatable bonds is 4. The molecule has 0 aliphatic rings. The Morgan fingerprint density at radius 2 is 1.70 bits per heavy atom. The van der Waals surface area contributed by atoms with Crippen LogP contribution >= 0.6 is 67.8 Å². The molecule has 0 heterocycles. The molecule has 0 saturated carbocycles. The molecule has 0 saturated heterocycles. The third-order valence-corrected chi connectivity index (χ3v) is 7.09. The molecule has 2 nitrogen and oxygen atoms in total. The van der Waals surface area contributed by atoms with E-state index in [0.717, 1.165) is 19.1 Å². The van der Waals surface area contributed by atoms with Crippen molar-refractivity contribution < 1.29 is 9.53 Å². The molecule has 0 spiro atoms. The Morgan fingerprint density at radius 3 is 2.20 bits per heavy atom. The molecule has 0 fully saturated rings. The molecule has 0 N–H and O–H groups in total. The van der Waals surface area contributed by atoms with Crippen molar-refractivity contribution in [3.05, 3.63) is 28.4 Å². The lowest BCUT2D eigenvalue weighted by Gasteiger charge is -2.31. The van der Waals surface area contributed by atoms with Gasteiger partial charge in [0.05, 0.1) is 5.41 Å². The van der Waals surface area contributed by atoms with Crippen LogP contribution < -0.4 is 0 Å². The number of benzene rings is 1. The summed E-state index contributed by atoms with van der Waals surface area (Å²) in [5.41, 5.74) is -0.00600. The van der Waals surface area contributed by atoms with Gasteiger partial charge in [0, 0.05) is 16.3 Å². The number of carbonyl (C=O) groups is 1. The van der Waals surface area contributed by atoms with Gasteiger partial charge < -0.3 is 4.74 Å². The lowest BCUT2D eigenvalue weighted by molar-refractivity contribution is -0.168. The van der Waals surface area contributed by atoms with Gasteiger partial charge in [-0.2, -0.15) is 0 Å². The van der Waals surface area contributed by atoms with Crippen molar-refractivity contribution in [2.45, 2.75) is 46.6 Å². The molecule has 1 aromatic carbocycles. The zero-order valence-electron chi connectivity index (χ0n) is 12.3. The van der Waals surface area contributed by atoms with E-state index in [1.54, 1.807) is 0 Å². The van der Waals surface area contributed by atoms with E-state index in [-0.39, 0.29) is 5.97 Å². The van der Waals surface area contributed by atoms with Gasteiger partial charge in [-0.3, -0.25) is 4.79 Å². The molecular formula is C15H19I3O2. The van der Waals surface area contributed by atoms with Gasteiger partial charge in [0.1, 0.15) is 5.60 Å². The molecule has 5 heteroatoms. The standard InChI is InChI=1S/C15H19I3O2/c1-6-14(2,3)13(19)20-15(4,5)10-7-9(16)8-11(17)12(10)18/h7-8H,6H2,1-5H3. The van der Waals surface area contributed by atoms with Crippen LogP contribution in [0.2, 0.25) is 0 Å². The third-order valence-electron chi connectivity index (χ3n) is 3.43. The van der Waals surface area contributed by atoms with Crippen LogP contribution in [0, 0.1) is 16.1 Å². The van der Waals surface area contributed by atoms with Gasteiger partial charge in [0.15, 0.2) is 0 Å². The number of halogens is 3. The SMILES string of the molecule is CCC(C)(C)C(=O)OC(C)(C)c1cc(I)cc(I)c1I. The molecule has 1 aromatic rings. The summed E-state index contributed by atoms with van der Waals surface area (Å²) in [5.74, 6) is -0.144. The minimum Gasteiger partial charge on any atom is -0.454 e. The number of ether oxygens (including phenoxy) is 1. The van der Waals surface area contributed by atoms with Crippen LogP contribution in [-0.2, 0) is 15.1 Å². The third kappa shape index (κ3) is 4.44. The molecule has 0 aliphatic carbocycles. The zero-order chi connectivity index (χ0) is 15.7. The highest BCUT2D eigenvalue weighted by molar-refractivity contribution is 14.1. The molecule has 1 rings (SSSR count). The maximum atomic E-state index is 12.3. The summed E-state index contributed by atoms with van der Waals surface area (Å²) in [6.45, 7) is 9.77. The van der Waals surface area contributed by atoms with E-state index in [0.29, 0.717) is 0 Å². The Morgan fingerprint density at radius 1 is 1.15 bits per heavy atom. The van der Waals surface area contributed by atoms with Crippen molar-refractivity contribution >= 4 is 73.7 Å². The van der Waals surface area contributed by atoms with Gasteiger partial charge in [0.2, 0.25) is 0 Å². The van der Waals surface area contributed by atoms with Crippen LogP contribution in [0.3, 0.4) is 0 Å². The van der Waals surface area contributed by atoms with Crippen molar-refractivity contribution in [1.82, 2.24) is 0 Å². The summed E-state index contributed by atoms with van der Waals surface area (Å²) in [6.07, 6.45) is 0.767. The predicted molar refractivity (Wildman–Crippen MR) is 108 cm³/mol. The summed E-state index contributed by atoms with van der Waals surface area (Å²) >= 11 is 6.94. The Hall–Kier alpha value is 0.880. The molecule has 112 valence electrons. The van der Waals surface area contributed by atoms with E-state index in [1.165, 1.54) is 3.57 Å². The minimum atomic E-state index is -0.624. The average Bonchev–Trinajstić information content (AvgIpc) is 2.32. The fourth-order valence-corrected chi connectivity index (χ4v) is 4.37. The van der Waals surface area contributed by atoms with Gasteiger partial charge in [-0.1, -0.05) is 6.92 Å². The van der Waals surface area contributed by atoms with Gasteiger partial charge in [-0.15, -0.1) is 0 Å². The first-order chi connectivity index (χ1) is 9.01. The van der Waals surface area contributed by atoms with Crippen LogP contribution in [-0.4, -0.2) is 5.97 Å². The Kier molecular flexibility index (Phi) is 6.60. The highest BCUT2D eigenvalue weighted by Crippen LogP contribution is 2.35. The van der Waals surface area contributed by atoms with Crippen LogP contribution in [0.5, 0.6) is 0 Å². The number of hydrogen-bond acceptors (Lipinski definition) is 2. The van der Waals surface area contributed by atoms with Gasteiger partial charge in [0.25, 0.3) is 0 Å². The molecule has 0 unspecified atom stereocenters.